The number of hydrogen-bond acceptors (Lipinski definition) is 3. The summed E-state index contributed by atoms with van der Waals surface area (Å²) >= 11 is 0. The van der Waals surface area contributed by atoms with E-state index >= 15 is 0 Å². The molecule has 1 aromatic carbocycles. The number of fused-ring (bicyclic) bond motifs is 5. The van der Waals surface area contributed by atoms with Crippen molar-refractivity contribution in [3.05, 3.63) is 29.3 Å². The molecule has 4 aliphatic carbocycles. The fourth-order valence-corrected chi connectivity index (χ4v) is 9.14. The van der Waals surface area contributed by atoms with E-state index in [9.17, 15) is 18.3 Å². The fraction of sp³-hybridized carbons (Fsp3) is 0.759. The molecule has 1 aromatic rings. The Balaban J connectivity index is 1.38. The van der Waals surface area contributed by atoms with Gasteiger partial charge in [0.05, 0.1) is 17.2 Å². The van der Waals surface area contributed by atoms with Gasteiger partial charge in [-0.15, -0.1) is 0 Å². The van der Waals surface area contributed by atoms with Crippen LogP contribution in [0.5, 0.6) is 0 Å². The molecule has 0 saturated heterocycles. The van der Waals surface area contributed by atoms with E-state index < -0.39 is 23.7 Å². The second-order valence-corrected chi connectivity index (χ2v) is 12.7. The molecule has 4 fully saturated rings. The van der Waals surface area contributed by atoms with Crippen LogP contribution in [0.2, 0.25) is 0 Å². The first-order valence-electron chi connectivity index (χ1n) is 13.5. The van der Waals surface area contributed by atoms with E-state index in [0.29, 0.717) is 52.8 Å². The van der Waals surface area contributed by atoms with Crippen molar-refractivity contribution in [3.63, 3.8) is 0 Å². The van der Waals surface area contributed by atoms with Crippen LogP contribution in [-0.4, -0.2) is 22.9 Å². The van der Waals surface area contributed by atoms with Gasteiger partial charge in [0, 0.05) is 5.69 Å². The summed E-state index contributed by atoms with van der Waals surface area (Å²) in [5, 5.41) is 22.6. The van der Waals surface area contributed by atoms with Gasteiger partial charge in [-0.1, -0.05) is 6.92 Å². The lowest BCUT2D eigenvalue weighted by Crippen LogP contribution is -2.54. The smallest absolute Gasteiger partial charge is 0.390 e. The van der Waals surface area contributed by atoms with Crippen molar-refractivity contribution in [1.82, 2.24) is 0 Å². The SMILES string of the molecule is Cc1cc(C#N)ccc1N[C@@H](C1CC[C@H]2[C@@H]3CC[C@@H]4C[C@](C)(O)CC[C@@H]4[C@H]3CC[C@]12C)C(F)(F)F. The number of alkyl halides is 3. The molecule has 35 heavy (non-hydrogen) atoms. The number of halogens is 3. The van der Waals surface area contributed by atoms with Gasteiger partial charge in [-0.2, -0.15) is 18.4 Å². The van der Waals surface area contributed by atoms with Gasteiger partial charge < -0.3 is 10.4 Å². The van der Waals surface area contributed by atoms with Crippen LogP contribution in [-0.2, 0) is 0 Å². The third kappa shape index (κ3) is 4.37. The molecule has 192 valence electrons. The molecule has 5 rings (SSSR count). The Morgan fingerprint density at radius 3 is 2.46 bits per heavy atom. The van der Waals surface area contributed by atoms with E-state index in [-0.39, 0.29) is 5.41 Å². The standard InChI is InChI=1S/C29H39F3N2O/c1-17-14-18(16-33)4-9-25(17)34-26(29(30,31)32)24-8-7-23-22-6-5-19-15-27(2,35)12-10-20(19)21(22)11-13-28(23,24)3/h4,9,14,19-24,26,34-35H,5-8,10-13,15H2,1-3H3/t19-,20+,21-,22-,23+,24?,26+,27-,28+/m1/s1. The number of aryl methyl sites for hydroxylation is 1. The van der Waals surface area contributed by atoms with Gasteiger partial charge in [0.15, 0.2) is 0 Å². The van der Waals surface area contributed by atoms with Crippen molar-refractivity contribution in [1.29, 1.82) is 5.26 Å². The Hall–Kier alpha value is -1.74. The molecule has 0 heterocycles. The maximum atomic E-state index is 14.6. The van der Waals surface area contributed by atoms with Gasteiger partial charge in [0.1, 0.15) is 6.04 Å². The molecule has 4 aliphatic rings. The van der Waals surface area contributed by atoms with Gasteiger partial charge >= 0.3 is 6.18 Å². The number of benzene rings is 1. The van der Waals surface area contributed by atoms with Crippen LogP contribution >= 0.6 is 0 Å². The monoisotopic (exact) mass is 488 g/mol. The Morgan fingerprint density at radius 1 is 1.03 bits per heavy atom. The van der Waals surface area contributed by atoms with E-state index in [1.165, 1.54) is 0 Å². The molecule has 4 saturated carbocycles. The fourth-order valence-electron chi connectivity index (χ4n) is 9.14. The lowest BCUT2D eigenvalue weighted by molar-refractivity contribution is -0.169. The minimum atomic E-state index is -4.34. The summed E-state index contributed by atoms with van der Waals surface area (Å²) in [5.41, 5.74) is 0.741. The van der Waals surface area contributed by atoms with Crippen LogP contribution in [0.3, 0.4) is 0 Å². The number of anilines is 1. The van der Waals surface area contributed by atoms with E-state index in [0.717, 1.165) is 51.4 Å². The van der Waals surface area contributed by atoms with E-state index in [2.05, 4.69) is 18.3 Å². The minimum Gasteiger partial charge on any atom is -0.390 e. The third-order valence-corrected chi connectivity index (χ3v) is 10.7. The van der Waals surface area contributed by atoms with Crippen molar-refractivity contribution in [2.24, 2.45) is 40.9 Å². The zero-order chi connectivity index (χ0) is 25.2. The number of nitrogens with zero attached hydrogens (tertiary/aromatic N) is 1. The van der Waals surface area contributed by atoms with Crippen LogP contribution in [0.15, 0.2) is 18.2 Å². The summed E-state index contributed by atoms with van der Waals surface area (Å²) in [5.74, 6) is 2.24. The van der Waals surface area contributed by atoms with E-state index in [1.807, 2.05) is 6.92 Å². The van der Waals surface area contributed by atoms with Crippen molar-refractivity contribution in [2.75, 3.05) is 5.32 Å². The Bertz CT molecular complexity index is 999. The Morgan fingerprint density at radius 2 is 1.77 bits per heavy atom. The normalized spacial score (nSPS) is 41.8. The number of nitriles is 1. The van der Waals surface area contributed by atoms with Gasteiger partial charge in [-0.25, -0.2) is 0 Å². The second-order valence-electron chi connectivity index (χ2n) is 12.7. The molecule has 2 N–H and O–H groups in total. The highest BCUT2D eigenvalue weighted by Crippen LogP contribution is 2.66. The molecule has 3 nitrogen and oxygen atoms in total. The Labute approximate surface area is 207 Å². The number of rotatable bonds is 3. The third-order valence-electron chi connectivity index (χ3n) is 10.7. The summed E-state index contributed by atoms with van der Waals surface area (Å²) in [6.45, 7) is 5.88. The molecule has 0 amide bonds. The van der Waals surface area contributed by atoms with Gasteiger partial charge in [-0.3, -0.25) is 0 Å². The van der Waals surface area contributed by atoms with Crippen molar-refractivity contribution < 1.29 is 18.3 Å². The molecule has 9 atom stereocenters. The van der Waals surface area contributed by atoms with Crippen LogP contribution in [0.4, 0.5) is 18.9 Å². The van der Waals surface area contributed by atoms with Crippen molar-refractivity contribution in [3.8, 4) is 6.07 Å². The first kappa shape index (κ1) is 24.9. The first-order chi connectivity index (χ1) is 16.4. The van der Waals surface area contributed by atoms with Crippen LogP contribution in [0, 0.1) is 59.2 Å². The molecule has 0 bridgehead atoms. The molecular formula is C29H39F3N2O. The average molecular weight is 489 g/mol. The number of hydrogen-bond donors (Lipinski definition) is 2. The van der Waals surface area contributed by atoms with E-state index in [1.54, 1.807) is 25.1 Å². The van der Waals surface area contributed by atoms with Crippen molar-refractivity contribution >= 4 is 5.69 Å². The maximum absolute atomic E-state index is 14.6. The molecular weight excluding hydrogens is 449 g/mol. The number of aliphatic hydroxyl groups is 1. The molecule has 6 heteroatoms. The van der Waals surface area contributed by atoms with Gasteiger partial charge in [0.2, 0.25) is 0 Å². The van der Waals surface area contributed by atoms with Gasteiger partial charge in [0.25, 0.3) is 0 Å². The predicted octanol–water partition coefficient (Wildman–Crippen LogP) is 7.23. The summed E-state index contributed by atoms with van der Waals surface area (Å²) in [4.78, 5) is 0. The molecule has 0 radical (unpaired) electrons. The summed E-state index contributed by atoms with van der Waals surface area (Å²) in [6, 6.07) is 5.35. The lowest BCUT2D eigenvalue weighted by atomic mass is 9.48. The zero-order valence-corrected chi connectivity index (χ0v) is 21.2. The highest BCUT2D eigenvalue weighted by molar-refractivity contribution is 5.55. The van der Waals surface area contributed by atoms with Crippen LogP contribution in [0.1, 0.15) is 82.8 Å². The number of nitrogens with one attached hydrogen (secondary N) is 1. The molecule has 0 aliphatic heterocycles. The van der Waals surface area contributed by atoms with E-state index in [4.69, 9.17) is 5.26 Å². The largest absolute Gasteiger partial charge is 0.408 e. The average Bonchev–Trinajstić information content (AvgIpc) is 3.13. The maximum Gasteiger partial charge on any atom is 0.408 e. The predicted molar refractivity (Wildman–Crippen MR) is 131 cm³/mol. The van der Waals surface area contributed by atoms with Crippen molar-refractivity contribution in [2.45, 2.75) is 96.4 Å². The summed E-state index contributed by atoms with van der Waals surface area (Å²) in [6.07, 6.45) is 4.07. The highest BCUT2D eigenvalue weighted by atomic mass is 19.4. The highest BCUT2D eigenvalue weighted by Gasteiger charge is 2.62. The van der Waals surface area contributed by atoms with Crippen LogP contribution in [0.25, 0.3) is 0 Å². The van der Waals surface area contributed by atoms with Crippen LogP contribution < -0.4 is 5.32 Å². The zero-order valence-electron chi connectivity index (χ0n) is 21.2. The second kappa shape index (κ2) is 8.68. The van der Waals surface area contributed by atoms with Gasteiger partial charge in [-0.05, 0) is 136 Å². The lowest BCUT2D eigenvalue weighted by Gasteiger charge is -2.57. The topological polar surface area (TPSA) is 56.0 Å². The molecule has 0 spiro atoms. The first-order valence-corrected chi connectivity index (χ1v) is 13.5. The summed E-state index contributed by atoms with van der Waals surface area (Å²) in [7, 11) is 0. The summed E-state index contributed by atoms with van der Waals surface area (Å²) < 4.78 is 43.7. The molecule has 1 unspecified atom stereocenters. The Kier molecular flexibility index (Phi) is 6.18. The molecule has 0 aromatic heterocycles. The minimum absolute atomic E-state index is 0.318. The quantitative estimate of drug-likeness (QED) is 0.472.